The van der Waals surface area contributed by atoms with Crippen LogP contribution >= 0.6 is 0 Å². The van der Waals surface area contributed by atoms with E-state index in [0.29, 0.717) is 17.8 Å². The minimum absolute atomic E-state index is 0.0538. The molecule has 0 spiro atoms. The van der Waals surface area contributed by atoms with Gasteiger partial charge in [0.2, 0.25) is 0 Å². The van der Waals surface area contributed by atoms with Gasteiger partial charge in [-0.1, -0.05) is 6.92 Å². The zero-order chi connectivity index (χ0) is 14.6. The number of rotatable bonds is 6. The van der Waals surface area contributed by atoms with E-state index < -0.39 is 10.9 Å². The molecule has 0 radical (unpaired) electrons. The minimum atomic E-state index is -1.16. The number of nitro benzene ring substituents is 1. The molecule has 0 heterocycles. The molecular formula is C13H18N2O4. The summed E-state index contributed by atoms with van der Waals surface area (Å²) >= 11 is 0. The van der Waals surface area contributed by atoms with Crippen molar-refractivity contribution in [1.82, 2.24) is 0 Å². The second-order valence-electron chi connectivity index (χ2n) is 4.28. The average molecular weight is 266 g/mol. The Balaban J connectivity index is 3.43. The second kappa shape index (κ2) is 6.17. The Labute approximate surface area is 111 Å². The van der Waals surface area contributed by atoms with Gasteiger partial charge in [-0.3, -0.25) is 10.1 Å². The first kappa shape index (κ1) is 14.9. The average Bonchev–Trinajstić information content (AvgIpc) is 2.35. The molecule has 1 aromatic rings. The van der Waals surface area contributed by atoms with Gasteiger partial charge in [-0.15, -0.1) is 0 Å². The van der Waals surface area contributed by atoms with Crippen LogP contribution in [0.2, 0.25) is 0 Å². The minimum Gasteiger partial charge on any atom is -0.478 e. The normalized spacial score (nSPS) is 10.3. The summed E-state index contributed by atoms with van der Waals surface area (Å²) in [7, 11) is 0. The van der Waals surface area contributed by atoms with E-state index in [9.17, 15) is 14.9 Å². The molecular weight excluding hydrogens is 248 g/mol. The van der Waals surface area contributed by atoms with E-state index >= 15 is 0 Å². The van der Waals surface area contributed by atoms with Crippen LogP contribution in [0.5, 0.6) is 0 Å². The maximum atomic E-state index is 11.1. The van der Waals surface area contributed by atoms with E-state index in [2.05, 4.69) is 0 Å². The molecule has 6 nitrogen and oxygen atoms in total. The molecule has 104 valence electrons. The van der Waals surface area contributed by atoms with Crippen LogP contribution < -0.4 is 4.90 Å². The van der Waals surface area contributed by atoms with Crippen molar-refractivity contribution < 1.29 is 14.8 Å². The van der Waals surface area contributed by atoms with E-state index in [4.69, 9.17) is 5.11 Å². The summed E-state index contributed by atoms with van der Waals surface area (Å²) in [6, 6.07) is 2.62. The lowest BCUT2D eigenvalue weighted by atomic mass is 10.1. The summed E-state index contributed by atoms with van der Waals surface area (Å²) in [5.41, 5.74) is 0.924. The quantitative estimate of drug-likeness (QED) is 0.632. The van der Waals surface area contributed by atoms with Gasteiger partial charge in [0.1, 0.15) is 0 Å². The first-order chi connectivity index (χ1) is 8.92. The monoisotopic (exact) mass is 266 g/mol. The maximum absolute atomic E-state index is 11.1. The molecule has 0 saturated heterocycles. The van der Waals surface area contributed by atoms with E-state index in [1.807, 2.05) is 18.7 Å². The molecule has 0 aliphatic heterocycles. The number of carboxylic acid groups (broad SMARTS) is 1. The Bertz CT molecular complexity index is 500. The number of nitrogens with zero attached hydrogens (tertiary/aromatic N) is 2. The van der Waals surface area contributed by atoms with E-state index in [1.54, 1.807) is 6.92 Å². The lowest BCUT2D eigenvalue weighted by Crippen LogP contribution is -2.25. The van der Waals surface area contributed by atoms with Gasteiger partial charge in [-0.2, -0.15) is 0 Å². The van der Waals surface area contributed by atoms with Crippen LogP contribution in [0.25, 0.3) is 0 Å². The highest BCUT2D eigenvalue weighted by atomic mass is 16.6. The molecule has 1 aromatic carbocycles. The van der Waals surface area contributed by atoms with Crippen molar-refractivity contribution in [1.29, 1.82) is 0 Å². The van der Waals surface area contributed by atoms with Gasteiger partial charge in [0.15, 0.2) is 0 Å². The van der Waals surface area contributed by atoms with Gasteiger partial charge in [-0.25, -0.2) is 4.79 Å². The SMILES string of the molecule is CCCN(CC)c1cc(C(=O)O)cc([N+](=O)[O-])c1C. The largest absolute Gasteiger partial charge is 0.478 e. The van der Waals surface area contributed by atoms with Crippen LogP contribution in [0.15, 0.2) is 12.1 Å². The summed E-state index contributed by atoms with van der Waals surface area (Å²) in [6.45, 7) is 7.01. The smallest absolute Gasteiger partial charge is 0.336 e. The van der Waals surface area contributed by atoms with Crippen molar-refractivity contribution in [2.45, 2.75) is 27.2 Å². The van der Waals surface area contributed by atoms with Crippen LogP contribution in [0.1, 0.15) is 36.2 Å². The number of aromatic carboxylic acids is 1. The predicted molar refractivity (Wildman–Crippen MR) is 73.0 cm³/mol. The fraction of sp³-hybridized carbons (Fsp3) is 0.462. The van der Waals surface area contributed by atoms with Gasteiger partial charge in [0.25, 0.3) is 5.69 Å². The molecule has 0 bridgehead atoms. The van der Waals surface area contributed by atoms with Crippen molar-refractivity contribution in [3.8, 4) is 0 Å². The third kappa shape index (κ3) is 3.21. The third-order valence-corrected chi connectivity index (χ3v) is 3.01. The first-order valence-corrected chi connectivity index (χ1v) is 6.19. The van der Waals surface area contributed by atoms with E-state index in [1.165, 1.54) is 6.07 Å². The van der Waals surface area contributed by atoms with E-state index in [-0.39, 0.29) is 11.3 Å². The molecule has 1 N–H and O–H groups in total. The number of benzene rings is 1. The number of anilines is 1. The lowest BCUT2D eigenvalue weighted by molar-refractivity contribution is -0.385. The molecule has 0 aromatic heterocycles. The highest BCUT2D eigenvalue weighted by Crippen LogP contribution is 2.30. The maximum Gasteiger partial charge on any atom is 0.336 e. The molecule has 0 amide bonds. The fourth-order valence-corrected chi connectivity index (χ4v) is 2.04. The van der Waals surface area contributed by atoms with Crippen molar-refractivity contribution >= 4 is 17.3 Å². The number of carbonyl (C=O) groups is 1. The Hall–Kier alpha value is -2.11. The summed E-state index contributed by atoms with van der Waals surface area (Å²) in [5.74, 6) is -1.16. The van der Waals surface area contributed by atoms with Gasteiger partial charge in [0, 0.05) is 24.8 Å². The zero-order valence-electron chi connectivity index (χ0n) is 11.3. The number of hydrogen-bond donors (Lipinski definition) is 1. The van der Waals surface area contributed by atoms with Crippen LogP contribution in [0.3, 0.4) is 0 Å². The third-order valence-electron chi connectivity index (χ3n) is 3.01. The van der Waals surface area contributed by atoms with Crippen molar-refractivity contribution in [2.75, 3.05) is 18.0 Å². The van der Waals surface area contributed by atoms with Crippen LogP contribution in [-0.2, 0) is 0 Å². The van der Waals surface area contributed by atoms with Crippen LogP contribution in [-0.4, -0.2) is 29.1 Å². The van der Waals surface area contributed by atoms with E-state index in [0.717, 1.165) is 19.0 Å². The van der Waals surface area contributed by atoms with Crippen molar-refractivity contribution in [2.24, 2.45) is 0 Å². The highest BCUT2D eigenvalue weighted by Gasteiger charge is 2.21. The zero-order valence-corrected chi connectivity index (χ0v) is 11.3. The summed E-state index contributed by atoms with van der Waals surface area (Å²) < 4.78 is 0. The summed E-state index contributed by atoms with van der Waals surface area (Å²) in [5, 5.41) is 20.1. The number of nitro groups is 1. The van der Waals surface area contributed by atoms with Gasteiger partial charge >= 0.3 is 5.97 Å². The fourth-order valence-electron chi connectivity index (χ4n) is 2.04. The molecule has 0 saturated carbocycles. The van der Waals surface area contributed by atoms with Crippen LogP contribution in [0, 0.1) is 17.0 Å². The van der Waals surface area contributed by atoms with Gasteiger partial charge in [-0.05, 0) is 26.3 Å². The molecule has 0 aliphatic carbocycles. The first-order valence-electron chi connectivity index (χ1n) is 6.19. The Kier molecular flexibility index (Phi) is 4.86. The molecule has 0 atom stereocenters. The van der Waals surface area contributed by atoms with Gasteiger partial charge in [0.05, 0.1) is 16.1 Å². The van der Waals surface area contributed by atoms with Crippen LogP contribution in [0.4, 0.5) is 11.4 Å². The Morgan fingerprint density at radius 2 is 2.05 bits per heavy atom. The number of carboxylic acids is 1. The molecule has 1 rings (SSSR count). The highest BCUT2D eigenvalue weighted by molar-refractivity contribution is 5.90. The topological polar surface area (TPSA) is 83.7 Å². The Morgan fingerprint density at radius 1 is 1.42 bits per heavy atom. The molecule has 0 unspecified atom stereocenters. The lowest BCUT2D eigenvalue weighted by Gasteiger charge is -2.24. The standard InChI is InChI=1S/C13H18N2O4/c1-4-6-14(5-2)11-7-10(13(16)17)8-12(9(11)3)15(18)19/h7-8H,4-6H2,1-3H3,(H,16,17). The van der Waals surface area contributed by atoms with Gasteiger partial charge < -0.3 is 10.0 Å². The van der Waals surface area contributed by atoms with Crippen molar-refractivity contribution in [3.63, 3.8) is 0 Å². The number of hydrogen-bond acceptors (Lipinski definition) is 4. The molecule has 0 fully saturated rings. The molecule has 6 heteroatoms. The molecule has 0 aliphatic rings. The summed E-state index contributed by atoms with van der Waals surface area (Å²) in [4.78, 5) is 23.5. The van der Waals surface area contributed by atoms with Crippen molar-refractivity contribution in [3.05, 3.63) is 33.4 Å². The molecule has 19 heavy (non-hydrogen) atoms. The Morgan fingerprint density at radius 3 is 2.47 bits per heavy atom. The summed E-state index contributed by atoms with van der Waals surface area (Å²) in [6.07, 6.45) is 0.887. The second-order valence-corrected chi connectivity index (χ2v) is 4.28. The predicted octanol–water partition coefficient (Wildman–Crippen LogP) is 2.84.